The zero-order valence-electron chi connectivity index (χ0n) is 17.1. The molecule has 1 saturated carbocycles. The number of nitrogens with one attached hydrogen (secondary N) is 2. The SMILES string of the molecule is N=c1c(Cl)c(C(N)=O)ncn1C1CCC(Nc2cc(C(F)(F)F)nc3ccc(Cl)cc23)CC1. The molecule has 0 saturated heterocycles. The molecule has 2 heterocycles. The van der Waals surface area contributed by atoms with Gasteiger partial charge in [-0.1, -0.05) is 23.2 Å². The minimum atomic E-state index is -4.58. The summed E-state index contributed by atoms with van der Waals surface area (Å²) in [4.78, 5) is 19.1. The van der Waals surface area contributed by atoms with E-state index >= 15 is 0 Å². The number of primary amides is 1. The number of fused-ring (bicyclic) bond motifs is 1. The zero-order valence-corrected chi connectivity index (χ0v) is 18.6. The fourth-order valence-corrected chi connectivity index (χ4v) is 4.50. The second-order valence-corrected chi connectivity index (χ2v) is 8.71. The highest BCUT2D eigenvalue weighted by atomic mass is 35.5. The molecule has 33 heavy (non-hydrogen) atoms. The van der Waals surface area contributed by atoms with Gasteiger partial charge in [-0.05, 0) is 49.9 Å². The zero-order chi connectivity index (χ0) is 23.9. The standard InChI is InChI=1S/C21H19Cl2F3N6O/c22-10-1-6-14-13(7-10)15(8-16(31-14)21(24,25)26)30-11-2-4-12(5-3-11)32-9-29-18(20(28)33)17(23)19(32)27/h1,6-9,11-12,27H,2-5H2,(H2,28,33)(H,30,31). The third kappa shape index (κ3) is 4.77. The van der Waals surface area contributed by atoms with Crippen molar-refractivity contribution in [3.8, 4) is 0 Å². The van der Waals surface area contributed by atoms with Crippen molar-refractivity contribution in [2.24, 2.45) is 5.73 Å². The van der Waals surface area contributed by atoms with Gasteiger partial charge in [-0.3, -0.25) is 10.2 Å². The molecular formula is C21H19Cl2F3N6O. The number of aromatic nitrogens is 3. The normalized spacial score (nSPS) is 18.9. The van der Waals surface area contributed by atoms with E-state index in [1.165, 1.54) is 18.5 Å². The fourth-order valence-electron chi connectivity index (χ4n) is 4.09. The third-order valence-corrected chi connectivity index (χ3v) is 6.32. The number of hydrogen-bond acceptors (Lipinski definition) is 5. The number of pyridine rings is 1. The van der Waals surface area contributed by atoms with Crippen molar-refractivity contribution in [1.82, 2.24) is 14.5 Å². The van der Waals surface area contributed by atoms with E-state index in [-0.39, 0.29) is 33.8 Å². The second-order valence-electron chi connectivity index (χ2n) is 7.89. The molecule has 0 aliphatic heterocycles. The smallest absolute Gasteiger partial charge is 0.382 e. The van der Waals surface area contributed by atoms with E-state index in [1.807, 2.05) is 0 Å². The number of alkyl halides is 3. The van der Waals surface area contributed by atoms with Gasteiger partial charge < -0.3 is 15.6 Å². The molecule has 0 radical (unpaired) electrons. The van der Waals surface area contributed by atoms with Crippen LogP contribution in [0.25, 0.3) is 10.9 Å². The van der Waals surface area contributed by atoms with E-state index in [0.717, 1.165) is 6.07 Å². The van der Waals surface area contributed by atoms with Crippen molar-refractivity contribution < 1.29 is 18.0 Å². The average molecular weight is 499 g/mol. The number of anilines is 1. The van der Waals surface area contributed by atoms with Crippen molar-refractivity contribution in [3.63, 3.8) is 0 Å². The molecule has 0 bridgehead atoms. The van der Waals surface area contributed by atoms with Gasteiger partial charge in [0.25, 0.3) is 5.91 Å². The van der Waals surface area contributed by atoms with E-state index in [4.69, 9.17) is 34.3 Å². The highest BCUT2D eigenvalue weighted by Gasteiger charge is 2.34. The Labute approximate surface area is 196 Å². The first-order valence-corrected chi connectivity index (χ1v) is 10.8. The number of carbonyl (C=O) groups excluding carboxylic acids is 1. The summed E-state index contributed by atoms with van der Waals surface area (Å²) in [6, 6.07) is 5.40. The van der Waals surface area contributed by atoms with Crippen molar-refractivity contribution in [2.75, 3.05) is 5.32 Å². The average Bonchev–Trinajstić information content (AvgIpc) is 2.75. The molecule has 0 atom stereocenters. The monoisotopic (exact) mass is 498 g/mol. The Kier molecular flexibility index (Phi) is 6.24. The van der Waals surface area contributed by atoms with Crippen LogP contribution in [0.15, 0.2) is 30.6 Å². The number of benzene rings is 1. The molecule has 4 N–H and O–H groups in total. The first kappa shape index (κ1) is 23.3. The van der Waals surface area contributed by atoms with Gasteiger partial charge in [0.15, 0.2) is 5.69 Å². The Morgan fingerprint density at radius 3 is 2.52 bits per heavy atom. The first-order chi connectivity index (χ1) is 15.5. The highest BCUT2D eigenvalue weighted by molar-refractivity contribution is 6.33. The maximum Gasteiger partial charge on any atom is 0.433 e. The lowest BCUT2D eigenvalue weighted by Crippen LogP contribution is -2.33. The minimum Gasteiger partial charge on any atom is -0.382 e. The van der Waals surface area contributed by atoms with Crippen LogP contribution in [-0.4, -0.2) is 26.5 Å². The summed E-state index contributed by atoms with van der Waals surface area (Å²) >= 11 is 12.1. The highest BCUT2D eigenvalue weighted by Crippen LogP contribution is 2.36. The fraction of sp³-hybridized carbons (Fsp3) is 0.333. The van der Waals surface area contributed by atoms with Crippen LogP contribution in [0, 0.1) is 5.41 Å². The summed E-state index contributed by atoms with van der Waals surface area (Å²) in [7, 11) is 0. The molecule has 1 amide bonds. The van der Waals surface area contributed by atoms with Crippen molar-refractivity contribution in [3.05, 3.63) is 57.5 Å². The summed E-state index contributed by atoms with van der Waals surface area (Å²) in [6.07, 6.45) is -0.653. The quantitative estimate of drug-likeness (QED) is 0.473. The molecule has 1 fully saturated rings. The number of nitrogens with two attached hydrogens (primary N) is 1. The van der Waals surface area contributed by atoms with Gasteiger partial charge in [0.1, 0.15) is 16.2 Å². The van der Waals surface area contributed by atoms with Crippen LogP contribution in [0.3, 0.4) is 0 Å². The molecule has 0 unspecified atom stereocenters. The molecule has 1 aromatic carbocycles. The van der Waals surface area contributed by atoms with Crippen LogP contribution >= 0.6 is 23.2 Å². The molecule has 7 nitrogen and oxygen atoms in total. The van der Waals surface area contributed by atoms with E-state index in [2.05, 4.69) is 15.3 Å². The Morgan fingerprint density at radius 2 is 1.88 bits per heavy atom. The maximum absolute atomic E-state index is 13.4. The number of halogens is 5. The minimum absolute atomic E-state index is 0.0542. The van der Waals surface area contributed by atoms with Crippen LogP contribution in [0.5, 0.6) is 0 Å². The van der Waals surface area contributed by atoms with Crippen LogP contribution < -0.4 is 16.5 Å². The molecule has 1 aliphatic carbocycles. The molecule has 12 heteroatoms. The van der Waals surface area contributed by atoms with Crippen LogP contribution in [0.1, 0.15) is 47.9 Å². The Balaban J connectivity index is 1.55. The molecule has 0 spiro atoms. The number of hydrogen-bond donors (Lipinski definition) is 3. The van der Waals surface area contributed by atoms with Gasteiger partial charge in [-0.25, -0.2) is 9.97 Å². The predicted molar refractivity (Wildman–Crippen MR) is 118 cm³/mol. The van der Waals surface area contributed by atoms with Gasteiger partial charge in [0.2, 0.25) is 0 Å². The predicted octanol–water partition coefficient (Wildman–Crippen LogP) is 4.93. The van der Waals surface area contributed by atoms with E-state index in [9.17, 15) is 18.0 Å². The van der Waals surface area contributed by atoms with Gasteiger partial charge in [0, 0.05) is 28.2 Å². The summed E-state index contributed by atoms with van der Waals surface area (Å²) in [5.41, 5.74) is 4.56. The largest absolute Gasteiger partial charge is 0.433 e. The van der Waals surface area contributed by atoms with Gasteiger partial charge in [-0.2, -0.15) is 13.2 Å². The summed E-state index contributed by atoms with van der Waals surface area (Å²) in [6.45, 7) is 0. The molecule has 3 aromatic rings. The Morgan fingerprint density at radius 1 is 1.18 bits per heavy atom. The Bertz CT molecular complexity index is 1290. The lowest BCUT2D eigenvalue weighted by atomic mass is 9.90. The number of rotatable bonds is 4. The molecule has 174 valence electrons. The lowest BCUT2D eigenvalue weighted by Gasteiger charge is -2.31. The number of amides is 1. The molecule has 1 aliphatic rings. The number of nitrogens with zero attached hydrogens (tertiary/aromatic N) is 3. The van der Waals surface area contributed by atoms with E-state index in [1.54, 1.807) is 10.6 Å². The van der Waals surface area contributed by atoms with Gasteiger partial charge in [0.05, 0.1) is 11.8 Å². The topological polar surface area (TPSA) is 110 Å². The van der Waals surface area contributed by atoms with Gasteiger partial charge in [-0.15, -0.1) is 0 Å². The number of carbonyl (C=O) groups is 1. The van der Waals surface area contributed by atoms with Crippen LogP contribution in [-0.2, 0) is 6.18 Å². The second kappa shape index (κ2) is 8.83. The van der Waals surface area contributed by atoms with Crippen molar-refractivity contribution in [1.29, 1.82) is 5.41 Å². The van der Waals surface area contributed by atoms with Crippen molar-refractivity contribution >= 4 is 45.7 Å². The van der Waals surface area contributed by atoms with Gasteiger partial charge >= 0.3 is 6.18 Å². The molecular weight excluding hydrogens is 480 g/mol. The van der Waals surface area contributed by atoms with Crippen LogP contribution in [0.2, 0.25) is 10.0 Å². The summed E-state index contributed by atoms with van der Waals surface area (Å²) < 4.78 is 41.7. The molecule has 4 rings (SSSR count). The lowest BCUT2D eigenvalue weighted by molar-refractivity contribution is -0.140. The summed E-state index contributed by atoms with van der Waals surface area (Å²) in [5, 5.41) is 12.3. The molecule has 2 aromatic heterocycles. The van der Waals surface area contributed by atoms with Crippen molar-refractivity contribution in [2.45, 2.75) is 43.9 Å². The van der Waals surface area contributed by atoms with E-state index in [0.29, 0.717) is 41.8 Å². The maximum atomic E-state index is 13.4. The van der Waals surface area contributed by atoms with E-state index < -0.39 is 17.8 Å². The Hall–Kier alpha value is -2.85. The first-order valence-electron chi connectivity index (χ1n) is 10.1. The van der Waals surface area contributed by atoms with Crippen LogP contribution in [0.4, 0.5) is 18.9 Å². The summed E-state index contributed by atoms with van der Waals surface area (Å²) in [5.74, 6) is -0.809. The third-order valence-electron chi connectivity index (χ3n) is 5.73.